The Morgan fingerprint density at radius 2 is 1.04 bits per heavy atom. The van der Waals surface area contributed by atoms with Crippen molar-refractivity contribution >= 4 is 23.8 Å². The standard InChI is InChI=1S/C25H21P/c1-20-17-18-24(21-11-5-2-6-12-21)25(19-20)26(22-13-7-3-8-14-22)23-15-9-4-10-16-23/h2-19H,1H3. The second-order valence-electron chi connectivity index (χ2n) is 6.39. The van der Waals surface area contributed by atoms with Crippen molar-refractivity contribution < 1.29 is 0 Å². The Hall–Kier alpha value is -2.69. The first-order valence-electron chi connectivity index (χ1n) is 8.89. The minimum absolute atomic E-state index is 0.607. The molecule has 0 amide bonds. The van der Waals surface area contributed by atoms with Gasteiger partial charge in [0.05, 0.1) is 0 Å². The first kappa shape index (κ1) is 16.8. The summed E-state index contributed by atoms with van der Waals surface area (Å²) in [6.07, 6.45) is 0. The Kier molecular flexibility index (Phi) is 4.95. The summed E-state index contributed by atoms with van der Waals surface area (Å²) in [5, 5.41) is 4.19. The fourth-order valence-electron chi connectivity index (χ4n) is 3.27. The average Bonchev–Trinajstić information content (AvgIpc) is 2.71. The minimum atomic E-state index is -0.607. The first-order valence-corrected chi connectivity index (χ1v) is 10.2. The molecule has 4 aromatic carbocycles. The molecule has 1 heteroatoms. The van der Waals surface area contributed by atoms with Gasteiger partial charge in [0.15, 0.2) is 0 Å². The van der Waals surface area contributed by atoms with E-state index in [0.29, 0.717) is 0 Å². The molecule has 0 unspecified atom stereocenters. The van der Waals surface area contributed by atoms with E-state index in [1.54, 1.807) is 0 Å². The van der Waals surface area contributed by atoms with Gasteiger partial charge in [-0.2, -0.15) is 0 Å². The van der Waals surface area contributed by atoms with E-state index in [1.165, 1.54) is 32.6 Å². The zero-order valence-corrected chi connectivity index (χ0v) is 15.7. The molecule has 0 aliphatic carbocycles. The number of aryl methyl sites for hydroxylation is 1. The molecule has 0 aliphatic heterocycles. The number of benzene rings is 4. The molecule has 0 saturated heterocycles. The van der Waals surface area contributed by atoms with Gasteiger partial charge in [-0.05, 0) is 41.9 Å². The third kappa shape index (κ3) is 3.47. The summed E-state index contributed by atoms with van der Waals surface area (Å²) in [5.74, 6) is 0. The molecule has 0 N–H and O–H groups in total. The van der Waals surface area contributed by atoms with E-state index in [4.69, 9.17) is 0 Å². The van der Waals surface area contributed by atoms with Gasteiger partial charge in [-0.15, -0.1) is 0 Å². The maximum Gasteiger partial charge on any atom is -0.00700 e. The molecule has 126 valence electrons. The van der Waals surface area contributed by atoms with Gasteiger partial charge in [0, 0.05) is 0 Å². The lowest BCUT2D eigenvalue weighted by atomic mass is 10.0. The molecule has 0 aliphatic rings. The molecule has 0 saturated carbocycles. The summed E-state index contributed by atoms with van der Waals surface area (Å²) in [4.78, 5) is 0. The van der Waals surface area contributed by atoms with Gasteiger partial charge in [-0.25, -0.2) is 0 Å². The molecule has 0 radical (unpaired) electrons. The zero-order chi connectivity index (χ0) is 17.8. The van der Waals surface area contributed by atoms with Crippen LogP contribution in [0.3, 0.4) is 0 Å². The van der Waals surface area contributed by atoms with Crippen LogP contribution < -0.4 is 15.9 Å². The van der Waals surface area contributed by atoms with Gasteiger partial charge in [-0.1, -0.05) is 115 Å². The van der Waals surface area contributed by atoms with Crippen molar-refractivity contribution in [2.45, 2.75) is 6.92 Å². The number of rotatable bonds is 4. The fourth-order valence-corrected chi connectivity index (χ4v) is 5.84. The van der Waals surface area contributed by atoms with Crippen LogP contribution in [0.5, 0.6) is 0 Å². The quantitative estimate of drug-likeness (QED) is 0.430. The molecule has 0 aromatic heterocycles. The topological polar surface area (TPSA) is 0 Å². The van der Waals surface area contributed by atoms with Crippen molar-refractivity contribution in [2.75, 3.05) is 0 Å². The zero-order valence-electron chi connectivity index (χ0n) is 14.8. The van der Waals surface area contributed by atoms with Crippen LogP contribution in [0.1, 0.15) is 5.56 Å². The lowest BCUT2D eigenvalue weighted by Gasteiger charge is -2.23. The predicted molar refractivity (Wildman–Crippen MR) is 115 cm³/mol. The molecule has 4 rings (SSSR count). The lowest BCUT2D eigenvalue weighted by molar-refractivity contribution is 1.49. The van der Waals surface area contributed by atoms with E-state index in [9.17, 15) is 0 Å². The van der Waals surface area contributed by atoms with Crippen molar-refractivity contribution in [3.8, 4) is 11.1 Å². The second kappa shape index (κ2) is 7.68. The van der Waals surface area contributed by atoms with Crippen molar-refractivity contribution in [3.63, 3.8) is 0 Å². The van der Waals surface area contributed by atoms with Crippen LogP contribution in [-0.4, -0.2) is 0 Å². The van der Waals surface area contributed by atoms with Gasteiger partial charge < -0.3 is 0 Å². The Bertz CT molecular complexity index is 937. The molecule has 0 fully saturated rings. The Morgan fingerprint density at radius 1 is 0.538 bits per heavy atom. The van der Waals surface area contributed by atoms with E-state index >= 15 is 0 Å². The van der Waals surface area contributed by atoms with Gasteiger partial charge in [0.25, 0.3) is 0 Å². The minimum Gasteiger partial charge on any atom is -0.0622 e. The van der Waals surface area contributed by atoms with Crippen LogP contribution in [0.25, 0.3) is 11.1 Å². The van der Waals surface area contributed by atoms with Crippen LogP contribution in [0, 0.1) is 6.92 Å². The summed E-state index contributed by atoms with van der Waals surface area (Å²) >= 11 is 0. The third-order valence-electron chi connectivity index (χ3n) is 4.51. The summed E-state index contributed by atoms with van der Waals surface area (Å²) in [6, 6.07) is 39.4. The largest absolute Gasteiger partial charge is 0.0622 e. The molecule has 0 heterocycles. The van der Waals surface area contributed by atoms with Gasteiger partial charge in [0.2, 0.25) is 0 Å². The van der Waals surface area contributed by atoms with Crippen molar-refractivity contribution in [1.82, 2.24) is 0 Å². The molecular formula is C25H21P. The van der Waals surface area contributed by atoms with Crippen molar-refractivity contribution in [1.29, 1.82) is 0 Å². The molecule has 0 nitrogen and oxygen atoms in total. The Balaban J connectivity index is 1.96. The lowest BCUT2D eigenvalue weighted by Crippen LogP contribution is -2.22. The monoisotopic (exact) mass is 352 g/mol. The average molecular weight is 352 g/mol. The predicted octanol–water partition coefficient (Wildman–Crippen LogP) is 5.42. The highest BCUT2D eigenvalue weighted by Crippen LogP contribution is 2.37. The van der Waals surface area contributed by atoms with Crippen LogP contribution in [0.4, 0.5) is 0 Å². The first-order chi connectivity index (χ1) is 12.8. The highest BCUT2D eigenvalue weighted by Gasteiger charge is 2.20. The number of hydrogen-bond acceptors (Lipinski definition) is 0. The Morgan fingerprint density at radius 3 is 1.58 bits per heavy atom. The van der Waals surface area contributed by atoms with E-state index < -0.39 is 7.92 Å². The highest BCUT2D eigenvalue weighted by atomic mass is 31.1. The molecule has 0 atom stereocenters. The van der Waals surface area contributed by atoms with Crippen LogP contribution in [-0.2, 0) is 0 Å². The van der Waals surface area contributed by atoms with Crippen LogP contribution in [0.15, 0.2) is 109 Å². The maximum atomic E-state index is 2.37. The van der Waals surface area contributed by atoms with E-state index in [2.05, 4.69) is 116 Å². The van der Waals surface area contributed by atoms with Gasteiger partial charge >= 0.3 is 0 Å². The summed E-state index contributed by atoms with van der Waals surface area (Å²) in [6.45, 7) is 2.18. The summed E-state index contributed by atoms with van der Waals surface area (Å²) in [7, 11) is -0.607. The Labute approximate surface area is 156 Å². The van der Waals surface area contributed by atoms with E-state index in [-0.39, 0.29) is 0 Å². The fraction of sp³-hybridized carbons (Fsp3) is 0.0400. The molecule has 4 aromatic rings. The third-order valence-corrected chi connectivity index (χ3v) is 6.99. The van der Waals surface area contributed by atoms with Crippen LogP contribution in [0.2, 0.25) is 0 Å². The van der Waals surface area contributed by atoms with Crippen molar-refractivity contribution in [3.05, 3.63) is 115 Å². The van der Waals surface area contributed by atoms with E-state index in [0.717, 1.165) is 0 Å². The maximum absolute atomic E-state index is 2.37. The van der Waals surface area contributed by atoms with Crippen molar-refractivity contribution in [2.24, 2.45) is 0 Å². The van der Waals surface area contributed by atoms with Gasteiger partial charge in [-0.3, -0.25) is 0 Å². The molecule has 0 bridgehead atoms. The highest BCUT2D eigenvalue weighted by molar-refractivity contribution is 7.80. The normalized spacial score (nSPS) is 10.8. The molecule has 0 spiro atoms. The van der Waals surface area contributed by atoms with E-state index in [1.807, 2.05) is 0 Å². The second-order valence-corrected chi connectivity index (χ2v) is 8.58. The SMILES string of the molecule is Cc1ccc(-c2ccccc2)c(P(c2ccccc2)c2ccccc2)c1. The smallest absolute Gasteiger partial charge is 0.00700 e. The van der Waals surface area contributed by atoms with Crippen LogP contribution >= 0.6 is 7.92 Å². The summed E-state index contributed by atoms with van der Waals surface area (Å²) < 4.78 is 0. The molecule has 26 heavy (non-hydrogen) atoms. The number of hydrogen-bond donors (Lipinski definition) is 0. The summed E-state index contributed by atoms with van der Waals surface area (Å²) in [5.41, 5.74) is 3.91. The van der Waals surface area contributed by atoms with Gasteiger partial charge in [0.1, 0.15) is 0 Å². The molecular weight excluding hydrogens is 331 g/mol.